The molecule has 0 aromatic heterocycles. The minimum Gasteiger partial charge on any atom is -0.382 e. The van der Waals surface area contributed by atoms with Crippen LogP contribution in [0.2, 0.25) is 0 Å². The van der Waals surface area contributed by atoms with Crippen molar-refractivity contribution in [1.29, 1.82) is 0 Å². The molecule has 0 spiro atoms. The molecule has 0 radical (unpaired) electrons. The number of benzene rings is 3. The number of anilines is 1. The molecule has 1 aliphatic carbocycles. The van der Waals surface area contributed by atoms with E-state index < -0.39 is 11.6 Å². The second-order valence-electron chi connectivity index (χ2n) is 12.1. The van der Waals surface area contributed by atoms with Gasteiger partial charge in [0.1, 0.15) is 17.5 Å². The Bertz CT molecular complexity index is 1540. The van der Waals surface area contributed by atoms with Crippen molar-refractivity contribution < 1.29 is 8.78 Å². The Kier molecular flexibility index (Phi) is 9.54. The molecule has 3 aromatic carbocycles. The highest BCUT2D eigenvalue weighted by Crippen LogP contribution is 2.35. The van der Waals surface area contributed by atoms with Crippen LogP contribution in [0.15, 0.2) is 95.1 Å². The number of amidine groups is 1. The fourth-order valence-corrected chi connectivity index (χ4v) is 5.73. The number of likely N-dealkylation sites (tertiary alicyclic amines) is 1. The lowest BCUT2D eigenvalue weighted by molar-refractivity contribution is 0.323. The number of aryl methyl sites for hydroxylation is 2. The first kappa shape index (κ1) is 30.4. The number of nitrogens with zero attached hydrogens (tertiary/aromatic N) is 3. The lowest BCUT2D eigenvalue weighted by atomic mass is 9.96. The predicted molar refractivity (Wildman–Crippen MR) is 176 cm³/mol. The average Bonchev–Trinajstić information content (AvgIpc) is 3.79. The third kappa shape index (κ3) is 8.07. The molecule has 0 bridgehead atoms. The van der Waals surface area contributed by atoms with E-state index in [1.54, 1.807) is 6.92 Å². The summed E-state index contributed by atoms with van der Waals surface area (Å²) in [6.45, 7) is 16.0. The predicted octanol–water partition coefficient (Wildman–Crippen LogP) is 9.31. The van der Waals surface area contributed by atoms with E-state index >= 15 is 0 Å². The van der Waals surface area contributed by atoms with Gasteiger partial charge >= 0.3 is 0 Å². The highest BCUT2D eigenvalue weighted by molar-refractivity contribution is 6.14. The van der Waals surface area contributed by atoms with Gasteiger partial charge in [0.2, 0.25) is 0 Å². The van der Waals surface area contributed by atoms with Gasteiger partial charge in [-0.05, 0) is 99.4 Å². The van der Waals surface area contributed by atoms with Gasteiger partial charge in [-0.25, -0.2) is 13.8 Å². The minimum absolute atomic E-state index is 0.321. The summed E-state index contributed by atoms with van der Waals surface area (Å²) in [7, 11) is 0. The molecule has 0 amide bonds. The van der Waals surface area contributed by atoms with Crippen LogP contribution in [0.5, 0.6) is 0 Å². The monoisotopic (exact) mass is 580 g/mol. The molecule has 43 heavy (non-hydrogen) atoms. The lowest BCUT2D eigenvalue weighted by Gasteiger charge is -2.35. The number of piperidine rings is 1. The van der Waals surface area contributed by atoms with Crippen LogP contribution in [0, 0.1) is 31.4 Å². The fourth-order valence-electron chi connectivity index (χ4n) is 5.73. The number of rotatable bonds is 10. The third-order valence-electron chi connectivity index (χ3n) is 8.29. The van der Waals surface area contributed by atoms with Crippen molar-refractivity contribution in [3.05, 3.63) is 119 Å². The zero-order valence-electron chi connectivity index (χ0n) is 25.6. The van der Waals surface area contributed by atoms with Gasteiger partial charge in [-0.2, -0.15) is 0 Å². The van der Waals surface area contributed by atoms with Crippen LogP contribution < -0.4 is 5.32 Å². The van der Waals surface area contributed by atoms with Gasteiger partial charge in [0.05, 0.1) is 11.4 Å². The maximum atomic E-state index is 14.0. The van der Waals surface area contributed by atoms with Crippen molar-refractivity contribution in [2.45, 2.75) is 65.3 Å². The van der Waals surface area contributed by atoms with Crippen molar-refractivity contribution in [2.75, 3.05) is 18.4 Å². The fraction of sp³-hybridized carbons (Fsp3) is 0.351. The number of hydrogen-bond donors (Lipinski definition) is 1. The Morgan fingerprint density at radius 3 is 2.23 bits per heavy atom. The molecule has 2 fully saturated rings. The molecule has 1 saturated heterocycles. The van der Waals surface area contributed by atoms with Gasteiger partial charge in [0.25, 0.3) is 0 Å². The Morgan fingerprint density at radius 1 is 0.907 bits per heavy atom. The Morgan fingerprint density at radius 2 is 1.60 bits per heavy atom. The molecule has 5 rings (SSSR count). The zero-order valence-corrected chi connectivity index (χ0v) is 25.6. The third-order valence-corrected chi connectivity index (χ3v) is 8.29. The Labute approximate surface area is 255 Å². The minimum atomic E-state index is -0.634. The van der Waals surface area contributed by atoms with Crippen molar-refractivity contribution in [3.8, 4) is 0 Å². The molecular weight excluding hydrogens is 538 g/mol. The van der Waals surface area contributed by atoms with Crippen molar-refractivity contribution >= 4 is 22.9 Å². The van der Waals surface area contributed by atoms with Crippen LogP contribution in [-0.4, -0.2) is 35.6 Å². The summed E-state index contributed by atoms with van der Waals surface area (Å²) in [5.74, 6) is 0.627. The highest BCUT2D eigenvalue weighted by Gasteiger charge is 2.26. The maximum absolute atomic E-state index is 14.0. The van der Waals surface area contributed by atoms with Gasteiger partial charge in [-0.15, -0.1) is 0 Å². The van der Waals surface area contributed by atoms with Crippen LogP contribution in [0.1, 0.15) is 67.7 Å². The average molecular weight is 581 g/mol. The summed E-state index contributed by atoms with van der Waals surface area (Å²) in [5, 5.41) is 3.72. The van der Waals surface area contributed by atoms with Gasteiger partial charge in [0.15, 0.2) is 0 Å². The van der Waals surface area contributed by atoms with Crippen molar-refractivity contribution in [3.63, 3.8) is 0 Å². The molecule has 1 aliphatic heterocycles. The molecule has 1 saturated carbocycles. The van der Waals surface area contributed by atoms with Crippen LogP contribution in [0.4, 0.5) is 20.2 Å². The number of allylic oxidation sites excluding steroid dienone is 1. The van der Waals surface area contributed by atoms with E-state index in [0.717, 1.165) is 78.2 Å². The van der Waals surface area contributed by atoms with E-state index in [-0.39, 0.29) is 0 Å². The summed E-state index contributed by atoms with van der Waals surface area (Å²) in [5.41, 5.74) is 7.57. The first-order chi connectivity index (χ1) is 20.7. The normalized spacial score (nSPS) is 16.3. The summed E-state index contributed by atoms with van der Waals surface area (Å²) < 4.78 is 28.1. The number of hydrogen-bond acceptors (Lipinski definition) is 3. The highest BCUT2D eigenvalue weighted by atomic mass is 19.1. The van der Waals surface area contributed by atoms with E-state index in [9.17, 15) is 8.78 Å². The largest absolute Gasteiger partial charge is 0.382 e. The summed E-state index contributed by atoms with van der Waals surface area (Å²) in [6.07, 6.45) is 6.85. The van der Waals surface area contributed by atoms with Gasteiger partial charge in [-0.3, -0.25) is 4.99 Å². The van der Waals surface area contributed by atoms with Crippen molar-refractivity contribution in [1.82, 2.24) is 4.90 Å². The quantitative estimate of drug-likeness (QED) is 0.192. The second-order valence-corrected chi connectivity index (χ2v) is 12.1. The van der Waals surface area contributed by atoms with Gasteiger partial charge in [-0.1, -0.05) is 50.3 Å². The van der Waals surface area contributed by atoms with E-state index in [2.05, 4.69) is 59.6 Å². The summed E-state index contributed by atoms with van der Waals surface area (Å²) in [6, 6.07) is 18.2. The molecule has 4 nitrogen and oxygen atoms in total. The first-order valence-corrected chi connectivity index (χ1v) is 15.3. The van der Waals surface area contributed by atoms with Gasteiger partial charge in [0, 0.05) is 47.7 Å². The number of aliphatic imine (C=N–C) groups is 2. The Hall–Kier alpha value is -4.06. The molecule has 0 atom stereocenters. The van der Waals surface area contributed by atoms with E-state index in [1.165, 1.54) is 37.0 Å². The van der Waals surface area contributed by atoms with Crippen LogP contribution >= 0.6 is 0 Å². The standard InChI is InChI=1S/C37H42F2N4/c1-24(2)40-36(29-21-30(38)23-31(39)22-29)34-15-14-33(20-27(34)5)41-32-16-18-43(19-17-32)37(26(4)10-11-28-12-13-28)42-35-9-7-6-8-25(35)3/h6-9,14-15,20-23,28,32,41H,1,4,10-13,16-19H2,2-3,5H3. The first-order valence-electron chi connectivity index (χ1n) is 15.3. The number of nitrogens with one attached hydrogen (secondary N) is 1. The SMILES string of the molecule is C=C(C)N=C(c1cc(F)cc(F)c1)c1ccc(NC2CCN(C(=Nc3ccccc3C)C(=C)CCC3CC3)CC2)cc1C. The lowest BCUT2D eigenvalue weighted by Crippen LogP contribution is -2.43. The number of halogens is 2. The molecule has 0 unspecified atom stereocenters. The molecule has 2 aliphatic rings. The van der Waals surface area contributed by atoms with Crippen molar-refractivity contribution in [2.24, 2.45) is 15.9 Å². The smallest absolute Gasteiger partial charge is 0.131 e. The summed E-state index contributed by atoms with van der Waals surface area (Å²) in [4.78, 5) is 12.1. The maximum Gasteiger partial charge on any atom is 0.131 e. The van der Waals surface area contributed by atoms with Crippen LogP contribution in [0.25, 0.3) is 0 Å². The Balaban J connectivity index is 1.28. The number of para-hydroxylation sites is 1. The van der Waals surface area contributed by atoms with E-state index in [0.29, 0.717) is 23.0 Å². The van der Waals surface area contributed by atoms with Crippen LogP contribution in [0.3, 0.4) is 0 Å². The molecular formula is C37H42F2N4. The topological polar surface area (TPSA) is 40.0 Å². The van der Waals surface area contributed by atoms with E-state index in [1.807, 2.05) is 25.1 Å². The molecule has 224 valence electrons. The van der Waals surface area contributed by atoms with E-state index in [4.69, 9.17) is 4.99 Å². The second kappa shape index (κ2) is 13.5. The molecule has 1 N–H and O–H groups in total. The molecule has 1 heterocycles. The zero-order chi connectivity index (χ0) is 30.5. The molecule has 6 heteroatoms. The van der Waals surface area contributed by atoms with Crippen LogP contribution in [-0.2, 0) is 0 Å². The summed E-state index contributed by atoms with van der Waals surface area (Å²) >= 11 is 0. The molecule has 3 aromatic rings. The van der Waals surface area contributed by atoms with Gasteiger partial charge < -0.3 is 10.2 Å².